The number of amides is 13. The van der Waals surface area contributed by atoms with Crippen molar-refractivity contribution >= 4 is 144 Å². The third kappa shape index (κ3) is 28.4. The van der Waals surface area contributed by atoms with Crippen molar-refractivity contribution in [3.63, 3.8) is 0 Å². The highest BCUT2D eigenvalue weighted by Gasteiger charge is 2.44. The number of esters is 1. The van der Waals surface area contributed by atoms with Crippen LogP contribution in [0.1, 0.15) is 112 Å². The Hall–Kier alpha value is -11.9. The summed E-state index contributed by atoms with van der Waals surface area (Å²) in [6.07, 6.45) is -4.95. The van der Waals surface area contributed by atoms with E-state index in [1.54, 1.807) is 81.5 Å². The van der Waals surface area contributed by atoms with Gasteiger partial charge in [-0.2, -0.15) is 8.78 Å². The number of carboxylic acid groups (broad SMARTS) is 3. The quantitative estimate of drug-likeness (QED) is 0.00900. The van der Waals surface area contributed by atoms with Crippen LogP contribution in [0.15, 0.2) is 67.0 Å². The average molecular weight is 1710 g/mol. The number of aliphatic carboxylic acids is 3. The number of H-pyrrole nitrogens is 2. The lowest BCUT2D eigenvalue weighted by molar-refractivity contribution is -0.159. The van der Waals surface area contributed by atoms with E-state index in [1.807, 2.05) is 0 Å². The first-order valence-corrected chi connectivity index (χ1v) is 39.7. The van der Waals surface area contributed by atoms with Gasteiger partial charge in [0.2, 0.25) is 94.0 Å². The van der Waals surface area contributed by atoms with Crippen molar-refractivity contribution in [1.29, 1.82) is 0 Å². The number of aliphatic hydroxyl groups is 2. The number of rotatable bonds is 24. The van der Waals surface area contributed by atoms with Crippen LogP contribution >= 0.6 is 21.6 Å². The maximum absolute atomic E-state index is 15.1. The van der Waals surface area contributed by atoms with E-state index in [-0.39, 0.29) is 24.5 Å². The van der Waals surface area contributed by atoms with Crippen LogP contribution in [0.3, 0.4) is 0 Å². The number of carbonyl (C=O) groups excluding carboxylic acids is 14. The van der Waals surface area contributed by atoms with Gasteiger partial charge in [0.25, 0.3) is 5.91 Å². The monoisotopic (exact) mass is 1710 g/mol. The summed E-state index contributed by atoms with van der Waals surface area (Å²) in [5.41, 5.74) is -1.70. The van der Waals surface area contributed by atoms with Gasteiger partial charge in [-0.15, -0.1) is 0 Å². The maximum atomic E-state index is 15.1. The number of aliphatic hydroxyl groups excluding tert-OH is 1. The molecule has 0 aliphatic carbocycles. The number of carbonyl (C=O) groups is 17. The van der Waals surface area contributed by atoms with Crippen LogP contribution in [0, 0.1) is 41.0 Å². The molecule has 1 saturated heterocycles. The molecular formula is C75H95F4N15O23S2. The number of aromatic nitrogens is 2. The molecule has 0 saturated carbocycles. The highest BCUT2D eigenvalue weighted by molar-refractivity contribution is 8.76. The van der Waals surface area contributed by atoms with Gasteiger partial charge in [-0.05, 0) is 74.1 Å². The fourth-order valence-corrected chi connectivity index (χ4v) is 14.5. The van der Waals surface area contributed by atoms with E-state index in [1.165, 1.54) is 26.2 Å². The molecular weight excluding hydrogens is 1620 g/mol. The Morgan fingerprint density at radius 3 is 1.58 bits per heavy atom. The summed E-state index contributed by atoms with van der Waals surface area (Å²) in [6.45, 7) is 11.1. The van der Waals surface area contributed by atoms with Crippen molar-refractivity contribution in [2.45, 2.75) is 192 Å². The lowest BCUT2D eigenvalue weighted by atomic mass is 9.98. The zero-order valence-corrected chi connectivity index (χ0v) is 67.3. The predicted octanol–water partition coefficient (Wildman–Crippen LogP) is -0.772. The number of fused-ring (bicyclic) bond motifs is 2. The van der Waals surface area contributed by atoms with Crippen molar-refractivity contribution in [1.82, 2.24) is 79.1 Å². The molecule has 119 heavy (non-hydrogen) atoms. The zero-order valence-electron chi connectivity index (χ0n) is 65.7. The Balaban J connectivity index is 1.51. The van der Waals surface area contributed by atoms with Crippen molar-refractivity contribution in [3.8, 4) is 5.75 Å². The lowest BCUT2D eigenvalue weighted by Crippen LogP contribution is -2.63. The van der Waals surface area contributed by atoms with Crippen molar-refractivity contribution in [2.75, 3.05) is 18.1 Å². The average Bonchev–Trinajstić information content (AvgIpc) is 1.76. The Bertz CT molecular complexity index is 4580. The molecule has 13 amide bonds. The molecule has 1 fully saturated rings. The summed E-state index contributed by atoms with van der Waals surface area (Å²) in [6, 6.07) is -8.01. The van der Waals surface area contributed by atoms with E-state index < -0.39 is 282 Å². The molecule has 0 bridgehead atoms. The molecule has 20 N–H and O–H groups in total. The molecule has 648 valence electrons. The highest BCUT2D eigenvalue weighted by Crippen LogP contribution is 2.29. The van der Waals surface area contributed by atoms with Crippen molar-refractivity contribution in [3.05, 3.63) is 101 Å². The molecule has 44 heteroatoms. The molecule has 1 aliphatic heterocycles. The Morgan fingerprint density at radius 1 is 0.580 bits per heavy atom. The fraction of sp³-hybridized carbons (Fsp3) is 0.480. The molecule has 1 unspecified atom stereocenters. The first-order valence-electron chi connectivity index (χ1n) is 37.2. The van der Waals surface area contributed by atoms with Gasteiger partial charge in [0.05, 0.1) is 19.1 Å². The van der Waals surface area contributed by atoms with Crippen LogP contribution in [0.5, 0.6) is 5.75 Å². The lowest BCUT2D eigenvalue weighted by Gasteiger charge is -2.29. The number of para-hydroxylation sites is 2. The number of carboxylic acids is 3. The van der Waals surface area contributed by atoms with E-state index >= 15 is 18.4 Å². The summed E-state index contributed by atoms with van der Waals surface area (Å²) in [5.74, 6) is -37.5. The van der Waals surface area contributed by atoms with Gasteiger partial charge in [0.1, 0.15) is 66.8 Å². The highest BCUT2D eigenvalue weighted by atomic mass is 33.1. The molecule has 6 rings (SSSR count). The molecule has 13 atom stereocenters. The second-order valence-electron chi connectivity index (χ2n) is 29.2. The van der Waals surface area contributed by atoms with Gasteiger partial charge in [-0.25, -0.2) is 13.6 Å². The minimum atomic E-state index is -3.33. The van der Waals surface area contributed by atoms with Crippen LogP contribution in [0.4, 0.5) is 17.6 Å². The van der Waals surface area contributed by atoms with Gasteiger partial charge < -0.3 is 109 Å². The number of hydrogen-bond acceptors (Lipinski definition) is 22. The van der Waals surface area contributed by atoms with E-state index in [4.69, 9.17) is 4.74 Å². The molecule has 0 spiro atoms. The van der Waals surface area contributed by atoms with Crippen LogP contribution < -0.4 is 73.9 Å². The Labute approximate surface area is 684 Å². The number of halogens is 4. The van der Waals surface area contributed by atoms with Gasteiger partial charge in [-0.3, -0.25) is 76.7 Å². The van der Waals surface area contributed by atoms with Gasteiger partial charge in [0, 0.05) is 78.0 Å². The van der Waals surface area contributed by atoms with E-state index in [9.17, 15) is 106 Å². The summed E-state index contributed by atoms with van der Waals surface area (Å²) in [5, 5.41) is 82.4. The van der Waals surface area contributed by atoms with E-state index in [2.05, 4.69) is 73.8 Å². The predicted molar refractivity (Wildman–Crippen MR) is 416 cm³/mol. The van der Waals surface area contributed by atoms with Crippen LogP contribution in [0.25, 0.3) is 21.8 Å². The third-order valence-corrected chi connectivity index (χ3v) is 20.6. The second-order valence-corrected chi connectivity index (χ2v) is 31.8. The molecule has 0 radical (unpaired) electrons. The normalized spacial score (nSPS) is 22.2. The largest absolute Gasteiger partial charge is 0.481 e. The fourth-order valence-electron chi connectivity index (χ4n) is 12.1. The molecule has 3 aromatic carbocycles. The Morgan fingerprint density at radius 2 is 1.07 bits per heavy atom. The first-order chi connectivity index (χ1) is 55.9. The zero-order chi connectivity index (χ0) is 88.6. The van der Waals surface area contributed by atoms with Crippen molar-refractivity contribution in [2.24, 2.45) is 17.8 Å². The van der Waals surface area contributed by atoms with Crippen LogP contribution in [-0.4, -0.2) is 233 Å². The van der Waals surface area contributed by atoms with Crippen LogP contribution in [-0.2, 0) is 94.3 Å². The van der Waals surface area contributed by atoms with Crippen LogP contribution in [0.2, 0.25) is 0 Å². The Kier molecular flexibility index (Phi) is 35.5. The minimum absolute atomic E-state index is 0.194. The molecule has 3 heterocycles. The smallest absolute Gasteiger partial charge is 0.328 e. The molecule has 1 aliphatic rings. The van der Waals surface area contributed by atoms with Gasteiger partial charge >= 0.3 is 23.9 Å². The van der Waals surface area contributed by atoms with E-state index in [0.717, 1.165) is 20.8 Å². The molecule has 5 aromatic rings. The standard InChI is InChI=1S/C75H95F4N15O23S2/c1-32(2)20-47-64(104)82-29-54(97)84-46(18-19-55(98)99)65(105)87-48(21-33(3)4)69(109)92-60(34(5)6)72(112)89-50(23-39-28-81-45-17-13-11-15-41(39)45)67(107)90-52(71(111)93-61(36(8)95)73(113)114)30-118-119-31-53(91-74(115)75(116,26-56(100)101)94-37(9)96)70(110)83-35(7)63(103)85-49(22-38-27-80-44-16-12-10-14-40(38)44)66(106)88-51(68(108)86-47)25-57(102)117-62-58(78)42(76)24-43(77)59(62)79/h10-17,24,27-28,32-36,46-53,60-61,80-81,95,116H,18-23,25-26,29-31H2,1-9H3,(H,82,104)(H,83,110)(H,84,97)(H,85,103)(H,86,108)(H,87,105)(H,88,106)(H,89,112)(H,90,107)(H,91,115)(H,92,109)(H,93,111)(H,94,96)(H,98,99)(H,100,101)(H,113,114)/t35-,36+,46-,47-,48-,49-,50-,51-,52-,53-,60-,61-,75?/m0/s1. The number of aromatic amines is 2. The number of ether oxygens (including phenoxy) is 1. The number of nitrogens with one attached hydrogen (secondary N) is 15. The summed E-state index contributed by atoms with van der Waals surface area (Å²) in [4.78, 5) is 244. The third-order valence-electron chi connectivity index (χ3n) is 18.2. The first kappa shape index (κ1) is 95.9. The summed E-state index contributed by atoms with van der Waals surface area (Å²) >= 11 is 0. The second kappa shape index (κ2) is 44.0. The van der Waals surface area contributed by atoms with Crippen molar-refractivity contribution < 1.29 is 129 Å². The summed E-state index contributed by atoms with van der Waals surface area (Å²) in [7, 11) is 1.17. The maximum Gasteiger partial charge on any atom is 0.328 e. The van der Waals surface area contributed by atoms with Gasteiger partial charge in [0.15, 0.2) is 17.7 Å². The number of hydrogen-bond donors (Lipinski definition) is 20. The number of benzene rings is 3. The SMILES string of the molecule is CC(=O)NC(O)(CC(=O)O)C(=O)N[C@H]1CSSC[C@@H](C(=O)N[C@H](C(=O)O)[C@@H](C)O)NC(=O)[C@H](Cc2c[nH]c3ccccc23)NC(=O)[C@H](C(C)C)NC(=O)[C@H](CC(C)C)NC(=O)[C@H](CCC(=O)O)NC(=O)CNC(=O)[C@H](CC(C)C)NC(=O)[C@H](CC(=O)Oc2c(F)c(F)cc(F)c2F)NC(=O)[C@H](Cc2c[nH]c3ccccc23)NC(=O)[C@H](C)NC1=O. The summed E-state index contributed by atoms with van der Waals surface area (Å²) < 4.78 is 63.9. The van der Waals surface area contributed by atoms with Gasteiger partial charge in [-0.1, -0.05) is 99.5 Å². The topological polar surface area (TPSA) is 589 Å². The molecule has 38 nitrogen and oxygen atoms in total. The van der Waals surface area contributed by atoms with E-state index in [0.29, 0.717) is 49.0 Å². The molecule has 2 aromatic heterocycles. The minimum Gasteiger partial charge on any atom is -0.481 e.